The Hall–Kier alpha value is -0.250. The van der Waals surface area contributed by atoms with Crippen LogP contribution in [0.3, 0.4) is 0 Å². The second kappa shape index (κ2) is 9.62. The second-order valence-electron chi connectivity index (χ2n) is 4.31. The Morgan fingerprint density at radius 2 is 1.89 bits per heavy atom. The molecule has 0 bridgehead atoms. The van der Waals surface area contributed by atoms with E-state index in [2.05, 4.69) is 15.6 Å². The molecular formula is C11H21F3IN3O. The number of nitrogens with zero attached hydrogens (tertiary/aromatic N) is 1. The minimum absolute atomic E-state index is 0. The van der Waals surface area contributed by atoms with Gasteiger partial charge >= 0.3 is 6.18 Å². The summed E-state index contributed by atoms with van der Waals surface area (Å²) in [5.41, 5.74) is 0. The van der Waals surface area contributed by atoms with Crippen LogP contribution in [-0.4, -0.2) is 45.5 Å². The Balaban J connectivity index is 0.00000324. The third-order valence-corrected chi connectivity index (χ3v) is 2.51. The van der Waals surface area contributed by atoms with Crippen LogP contribution in [0.15, 0.2) is 4.99 Å². The first-order chi connectivity index (χ1) is 8.51. The molecule has 0 unspecified atom stereocenters. The van der Waals surface area contributed by atoms with Crippen LogP contribution in [0.1, 0.15) is 19.3 Å². The van der Waals surface area contributed by atoms with E-state index in [4.69, 9.17) is 4.74 Å². The summed E-state index contributed by atoms with van der Waals surface area (Å²) < 4.78 is 41.2. The number of nitrogens with one attached hydrogen (secondary N) is 2. The van der Waals surface area contributed by atoms with Crippen molar-refractivity contribution in [2.24, 2.45) is 10.9 Å². The molecule has 0 aliphatic heterocycles. The molecule has 2 N–H and O–H groups in total. The topological polar surface area (TPSA) is 45.7 Å². The van der Waals surface area contributed by atoms with E-state index in [1.807, 2.05) is 0 Å². The smallest absolute Gasteiger partial charge is 0.379 e. The van der Waals surface area contributed by atoms with Crippen LogP contribution >= 0.6 is 24.0 Å². The molecule has 1 fully saturated rings. The number of halogens is 4. The van der Waals surface area contributed by atoms with Crippen LogP contribution in [0.4, 0.5) is 13.2 Å². The fourth-order valence-electron chi connectivity index (χ4n) is 1.32. The summed E-state index contributed by atoms with van der Waals surface area (Å²) in [5, 5.41) is 5.50. The summed E-state index contributed by atoms with van der Waals surface area (Å²) in [6, 6.07) is 0. The van der Waals surface area contributed by atoms with Crippen molar-refractivity contribution in [3.63, 3.8) is 0 Å². The largest absolute Gasteiger partial charge is 0.390 e. The highest BCUT2D eigenvalue weighted by Crippen LogP contribution is 2.28. The Morgan fingerprint density at radius 1 is 1.26 bits per heavy atom. The summed E-state index contributed by atoms with van der Waals surface area (Å²) in [7, 11) is 1.52. The summed E-state index contributed by atoms with van der Waals surface area (Å²) in [6.07, 6.45) is -2.52. The highest BCUT2D eigenvalue weighted by Gasteiger charge is 2.26. The van der Waals surface area contributed by atoms with Crippen LogP contribution in [0.2, 0.25) is 0 Å². The van der Waals surface area contributed by atoms with Gasteiger partial charge in [-0.05, 0) is 18.8 Å². The van der Waals surface area contributed by atoms with E-state index in [1.54, 1.807) is 0 Å². The lowest BCUT2D eigenvalue weighted by Crippen LogP contribution is -2.40. The molecule has 1 aliphatic rings. The first-order valence-corrected chi connectivity index (χ1v) is 6.10. The normalized spacial score (nSPS) is 15.9. The summed E-state index contributed by atoms with van der Waals surface area (Å²) in [5.74, 6) is 1.09. The molecule has 1 saturated carbocycles. The molecule has 0 amide bonds. The average molecular weight is 395 g/mol. The number of hydrogen-bond donors (Lipinski definition) is 2. The van der Waals surface area contributed by atoms with Crippen molar-refractivity contribution in [1.29, 1.82) is 0 Å². The van der Waals surface area contributed by atoms with Crippen molar-refractivity contribution in [3.8, 4) is 0 Å². The zero-order valence-corrected chi connectivity index (χ0v) is 13.3. The fraction of sp³-hybridized carbons (Fsp3) is 0.909. The van der Waals surface area contributed by atoms with Crippen molar-refractivity contribution in [3.05, 3.63) is 0 Å². The van der Waals surface area contributed by atoms with E-state index >= 15 is 0 Å². The zero-order valence-electron chi connectivity index (χ0n) is 10.9. The van der Waals surface area contributed by atoms with Crippen molar-refractivity contribution in [2.75, 3.05) is 33.4 Å². The monoisotopic (exact) mass is 395 g/mol. The molecule has 114 valence electrons. The maximum Gasteiger partial charge on any atom is 0.390 e. The molecule has 8 heteroatoms. The number of hydrogen-bond acceptors (Lipinski definition) is 2. The number of ether oxygens (including phenoxy) is 1. The van der Waals surface area contributed by atoms with Crippen molar-refractivity contribution < 1.29 is 17.9 Å². The van der Waals surface area contributed by atoms with E-state index in [0.29, 0.717) is 25.0 Å². The van der Waals surface area contributed by atoms with Gasteiger partial charge in [0.25, 0.3) is 0 Å². The van der Waals surface area contributed by atoms with Gasteiger partial charge in [0.1, 0.15) is 0 Å². The molecule has 1 aliphatic carbocycles. The number of rotatable bonds is 7. The molecule has 0 saturated heterocycles. The molecule has 1 rings (SSSR count). The lowest BCUT2D eigenvalue weighted by molar-refractivity contribution is -0.132. The second-order valence-corrected chi connectivity index (χ2v) is 4.31. The lowest BCUT2D eigenvalue weighted by atomic mass is 10.4. The van der Waals surface area contributed by atoms with Crippen LogP contribution in [0.5, 0.6) is 0 Å². The molecule has 19 heavy (non-hydrogen) atoms. The number of guanidine groups is 1. The molecule has 0 aromatic carbocycles. The van der Waals surface area contributed by atoms with Crippen LogP contribution in [-0.2, 0) is 4.74 Å². The number of aliphatic imine (C=N–C) groups is 1. The van der Waals surface area contributed by atoms with E-state index < -0.39 is 12.6 Å². The van der Waals surface area contributed by atoms with Crippen LogP contribution in [0, 0.1) is 5.92 Å². The Kier molecular flexibility index (Phi) is 9.50. The Morgan fingerprint density at radius 3 is 2.42 bits per heavy atom. The molecule has 0 spiro atoms. The van der Waals surface area contributed by atoms with Gasteiger partial charge in [0, 0.05) is 26.7 Å². The summed E-state index contributed by atoms with van der Waals surface area (Å²) in [6.45, 7) is 1.68. The van der Waals surface area contributed by atoms with Gasteiger partial charge in [0.15, 0.2) is 5.96 Å². The summed E-state index contributed by atoms with van der Waals surface area (Å²) in [4.78, 5) is 3.82. The van der Waals surface area contributed by atoms with Crippen molar-refractivity contribution in [2.45, 2.75) is 25.4 Å². The van der Waals surface area contributed by atoms with Gasteiger partial charge in [-0.25, -0.2) is 0 Å². The minimum atomic E-state index is -4.14. The molecule has 0 radical (unpaired) electrons. The molecule has 4 nitrogen and oxygen atoms in total. The van der Waals surface area contributed by atoms with E-state index in [-0.39, 0.29) is 30.5 Å². The minimum Gasteiger partial charge on any atom is -0.379 e. The third kappa shape index (κ3) is 11.3. The van der Waals surface area contributed by atoms with Gasteiger partial charge in [-0.1, -0.05) is 0 Å². The maximum absolute atomic E-state index is 11.9. The molecule has 0 aromatic rings. The first-order valence-electron chi connectivity index (χ1n) is 6.10. The van der Waals surface area contributed by atoms with Gasteiger partial charge in [-0.15, -0.1) is 24.0 Å². The summed E-state index contributed by atoms with van der Waals surface area (Å²) >= 11 is 0. The quantitative estimate of drug-likeness (QED) is 0.301. The molecule has 0 atom stereocenters. The van der Waals surface area contributed by atoms with Crippen molar-refractivity contribution in [1.82, 2.24) is 10.6 Å². The highest BCUT2D eigenvalue weighted by atomic mass is 127. The van der Waals surface area contributed by atoms with E-state index in [9.17, 15) is 13.2 Å². The Labute approximate surface area is 128 Å². The predicted molar refractivity (Wildman–Crippen MR) is 79.0 cm³/mol. The molecule has 0 heterocycles. The zero-order chi connectivity index (χ0) is 13.4. The third-order valence-electron chi connectivity index (χ3n) is 2.51. The van der Waals surface area contributed by atoms with E-state index in [0.717, 1.165) is 6.61 Å². The molecular weight excluding hydrogens is 374 g/mol. The Bertz CT molecular complexity index is 270. The first kappa shape index (κ1) is 18.8. The van der Waals surface area contributed by atoms with Gasteiger partial charge in [-0.3, -0.25) is 4.99 Å². The fourth-order valence-corrected chi connectivity index (χ4v) is 1.32. The van der Waals surface area contributed by atoms with Crippen LogP contribution < -0.4 is 10.6 Å². The standard InChI is InChI=1S/C11H20F3N3O.HI/c1-15-10(16-5-4-11(12,13)14)17-6-7-18-8-9-2-3-9;/h9H,2-8H2,1H3,(H2,15,16,17);1H. The van der Waals surface area contributed by atoms with E-state index in [1.165, 1.54) is 19.9 Å². The van der Waals surface area contributed by atoms with Gasteiger partial charge in [-0.2, -0.15) is 13.2 Å². The van der Waals surface area contributed by atoms with Gasteiger partial charge < -0.3 is 15.4 Å². The van der Waals surface area contributed by atoms with Gasteiger partial charge in [0.2, 0.25) is 0 Å². The maximum atomic E-state index is 11.9. The number of alkyl halides is 3. The van der Waals surface area contributed by atoms with Crippen molar-refractivity contribution >= 4 is 29.9 Å². The average Bonchev–Trinajstić information content (AvgIpc) is 3.08. The SMILES string of the molecule is CN=C(NCCOCC1CC1)NCCC(F)(F)F.I. The van der Waals surface area contributed by atoms with Gasteiger partial charge in [0.05, 0.1) is 13.0 Å². The molecule has 0 aromatic heterocycles. The predicted octanol–water partition coefficient (Wildman–Crippen LogP) is 2.15. The lowest BCUT2D eigenvalue weighted by Gasteiger charge is -2.12. The highest BCUT2D eigenvalue weighted by molar-refractivity contribution is 14.0. The van der Waals surface area contributed by atoms with Crippen LogP contribution in [0.25, 0.3) is 0 Å².